The molecule has 96 valence electrons. The summed E-state index contributed by atoms with van der Waals surface area (Å²) >= 11 is 1.49. The third-order valence-corrected chi connectivity index (χ3v) is 4.46. The number of pyridine rings is 1. The molecule has 0 radical (unpaired) electrons. The van der Waals surface area contributed by atoms with Gasteiger partial charge >= 0.3 is 0 Å². The van der Waals surface area contributed by atoms with Crippen LogP contribution in [-0.2, 0) is 0 Å². The van der Waals surface area contributed by atoms with Gasteiger partial charge in [0, 0.05) is 0 Å². The number of likely N-dealkylation sites (tertiary alicyclic amines) is 1. The maximum Gasteiger partial charge on any atom is 0.171 e. The van der Waals surface area contributed by atoms with Crippen LogP contribution >= 0.6 is 11.3 Å². The Labute approximate surface area is 110 Å². The van der Waals surface area contributed by atoms with Gasteiger partial charge in [0.25, 0.3) is 0 Å². The summed E-state index contributed by atoms with van der Waals surface area (Å²) in [4.78, 5) is 11.1. The molecule has 1 saturated heterocycles. The second-order valence-corrected chi connectivity index (χ2v) is 6.06. The summed E-state index contributed by atoms with van der Waals surface area (Å²) in [6.45, 7) is 6.03. The van der Waals surface area contributed by atoms with Gasteiger partial charge in [-0.15, -0.1) is 11.3 Å². The van der Waals surface area contributed by atoms with Crippen molar-refractivity contribution in [3.05, 3.63) is 22.6 Å². The third kappa shape index (κ3) is 2.01. The molecule has 1 aliphatic heterocycles. The predicted molar refractivity (Wildman–Crippen MR) is 71.3 cm³/mol. The standard InChI is InChI=1S/C13H16FN3S/c1-8(17-5-3-4-6-17)12-10(14)7-11-13(16-12)15-9(2)18-11/h7-8H,3-6H2,1-2H3. The molecule has 2 aromatic rings. The zero-order valence-corrected chi connectivity index (χ0v) is 11.4. The van der Waals surface area contributed by atoms with Gasteiger partial charge in [0.2, 0.25) is 0 Å². The molecular weight excluding hydrogens is 249 g/mol. The quantitative estimate of drug-likeness (QED) is 0.834. The van der Waals surface area contributed by atoms with E-state index in [-0.39, 0.29) is 11.9 Å². The molecule has 5 heteroatoms. The maximum absolute atomic E-state index is 14.1. The van der Waals surface area contributed by atoms with E-state index < -0.39 is 0 Å². The van der Waals surface area contributed by atoms with Gasteiger partial charge in [0.05, 0.1) is 21.4 Å². The van der Waals surface area contributed by atoms with Crippen molar-refractivity contribution in [1.82, 2.24) is 14.9 Å². The Morgan fingerprint density at radius 1 is 1.33 bits per heavy atom. The molecule has 2 aromatic heterocycles. The fourth-order valence-corrected chi connectivity index (χ4v) is 3.35. The Hall–Kier alpha value is -1.07. The van der Waals surface area contributed by atoms with Crippen molar-refractivity contribution in [2.75, 3.05) is 13.1 Å². The molecule has 3 heterocycles. The van der Waals surface area contributed by atoms with Crippen molar-refractivity contribution in [2.45, 2.75) is 32.7 Å². The highest BCUT2D eigenvalue weighted by Crippen LogP contribution is 2.29. The molecule has 3 nitrogen and oxygen atoms in total. The number of halogens is 1. The van der Waals surface area contributed by atoms with E-state index in [4.69, 9.17) is 0 Å². The second kappa shape index (κ2) is 4.55. The van der Waals surface area contributed by atoms with Crippen LogP contribution in [-0.4, -0.2) is 28.0 Å². The molecule has 0 saturated carbocycles. The number of aryl methyl sites for hydroxylation is 1. The van der Waals surface area contributed by atoms with Crippen LogP contribution in [0.2, 0.25) is 0 Å². The summed E-state index contributed by atoms with van der Waals surface area (Å²) in [7, 11) is 0. The summed E-state index contributed by atoms with van der Waals surface area (Å²) in [5, 5.41) is 0.933. The number of hydrogen-bond acceptors (Lipinski definition) is 4. The lowest BCUT2D eigenvalue weighted by Crippen LogP contribution is -2.24. The van der Waals surface area contributed by atoms with Crippen LogP contribution in [0.3, 0.4) is 0 Å². The van der Waals surface area contributed by atoms with E-state index in [0.29, 0.717) is 11.3 Å². The Bertz CT molecular complexity index is 575. The zero-order chi connectivity index (χ0) is 12.7. The third-order valence-electron chi connectivity index (χ3n) is 3.55. The summed E-state index contributed by atoms with van der Waals surface area (Å²) in [5.41, 5.74) is 1.22. The number of aromatic nitrogens is 2. The first-order valence-electron chi connectivity index (χ1n) is 6.33. The van der Waals surface area contributed by atoms with Gasteiger partial charge in [-0.3, -0.25) is 4.90 Å². The Kier molecular flexibility index (Phi) is 3.03. The Balaban J connectivity index is 2.01. The number of nitrogens with zero attached hydrogens (tertiary/aromatic N) is 3. The summed E-state index contributed by atoms with van der Waals surface area (Å²) in [6.07, 6.45) is 2.40. The number of thiazole rings is 1. The lowest BCUT2D eigenvalue weighted by Gasteiger charge is -2.23. The molecule has 18 heavy (non-hydrogen) atoms. The SMILES string of the molecule is Cc1nc2nc(C(C)N3CCCC3)c(F)cc2s1. The van der Waals surface area contributed by atoms with Gasteiger partial charge in [-0.2, -0.15) is 0 Å². The van der Waals surface area contributed by atoms with Crippen LogP contribution in [0.1, 0.15) is 36.5 Å². The van der Waals surface area contributed by atoms with Crippen molar-refractivity contribution in [1.29, 1.82) is 0 Å². The summed E-state index contributed by atoms with van der Waals surface area (Å²) < 4.78 is 15.0. The number of rotatable bonds is 2. The smallest absolute Gasteiger partial charge is 0.171 e. The molecule has 0 aromatic carbocycles. The summed E-state index contributed by atoms with van der Waals surface area (Å²) in [5.74, 6) is -0.203. The fraction of sp³-hybridized carbons (Fsp3) is 0.538. The molecule has 3 rings (SSSR count). The summed E-state index contributed by atoms with van der Waals surface area (Å²) in [6, 6.07) is 1.62. The van der Waals surface area contributed by atoms with Crippen LogP contribution in [0.4, 0.5) is 4.39 Å². The Morgan fingerprint density at radius 3 is 2.78 bits per heavy atom. The van der Waals surface area contributed by atoms with Gasteiger partial charge in [-0.25, -0.2) is 14.4 Å². The first kappa shape index (κ1) is 12.0. The second-order valence-electron chi connectivity index (χ2n) is 4.83. The maximum atomic E-state index is 14.1. The van der Waals surface area contributed by atoms with Gasteiger partial charge in [-0.1, -0.05) is 0 Å². The van der Waals surface area contributed by atoms with Gasteiger partial charge in [0.15, 0.2) is 5.65 Å². The van der Waals surface area contributed by atoms with E-state index >= 15 is 0 Å². The minimum atomic E-state index is -0.203. The van der Waals surface area contributed by atoms with E-state index in [1.54, 1.807) is 6.07 Å². The Morgan fingerprint density at radius 2 is 2.06 bits per heavy atom. The molecule has 1 atom stereocenters. The lowest BCUT2D eigenvalue weighted by molar-refractivity contribution is 0.253. The normalized spacial score (nSPS) is 18.6. The molecule has 1 fully saturated rings. The van der Waals surface area contributed by atoms with Crippen molar-refractivity contribution >= 4 is 21.7 Å². The first-order valence-corrected chi connectivity index (χ1v) is 7.14. The van der Waals surface area contributed by atoms with Crippen molar-refractivity contribution in [3.8, 4) is 0 Å². The molecule has 1 aliphatic rings. The van der Waals surface area contributed by atoms with E-state index in [9.17, 15) is 4.39 Å². The highest BCUT2D eigenvalue weighted by molar-refractivity contribution is 7.18. The topological polar surface area (TPSA) is 29.0 Å². The van der Waals surface area contributed by atoms with E-state index in [1.807, 2.05) is 13.8 Å². The minimum Gasteiger partial charge on any atom is -0.295 e. The number of fused-ring (bicyclic) bond motifs is 1. The van der Waals surface area contributed by atoms with Crippen molar-refractivity contribution < 1.29 is 4.39 Å². The van der Waals surface area contributed by atoms with E-state index in [1.165, 1.54) is 24.2 Å². The minimum absolute atomic E-state index is 0.0407. The van der Waals surface area contributed by atoms with Crippen LogP contribution in [0.5, 0.6) is 0 Å². The van der Waals surface area contributed by atoms with Crippen LogP contribution in [0, 0.1) is 12.7 Å². The monoisotopic (exact) mass is 265 g/mol. The van der Waals surface area contributed by atoms with Crippen molar-refractivity contribution in [3.63, 3.8) is 0 Å². The molecule has 0 bridgehead atoms. The largest absolute Gasteiger partial charge is 0.295 e. The van der Waals surface area contributed by atoms with Crippen LogP contribution < -0.4 is 0 Å². The molecule has 0 aliphatic carbocycles. The predicted octanol–water partition coefficient (Wildman–Crippen LogP) is 3.30. The van der Waals surface area contributed by atoms with Crippen molar-refractivity contribution in [2.24, 2.45) is 0 Å². The average Bonchev–Trinajstić information content (AvgIpc) is 2.94. The molecule has 1 unspecified atom stereocenters. The molecule has 0 amide bonds. The lowest BCUT2D eigenvalue weighted by atomic mass is 10.2. The highest BCUT2D eigenvalue weighted by Gasteiger charge is 2.24. The highest BCUT2D eigenvalue weighted by atomic mass is 32.1. The van der Waals surface area contributed by atoms with E-state index in [2.05, 4.69) is 14.9 Å². The van der Waals surface area contributed by atoms with Crippen LogP contribution in [0.15, 0.2) is 6.07 Å². The zero-order valence-electron chi connectivity index (χ0n) is 10.6. The fourth-order valence-electron chi connectivity index (χ4n) is 2.56. The van der Waals surface area contributed by atoms with Gasteiger partial charge in [-0.05, 0) is 45.8 Å². The molecule has 0 spiro atoms. The van der Waals surface area contributed by atoms with Gasteiger partial charge < -0.3 is 0 Å². The van der Waals surface area contributed by atoms with Crippen LogP contribution in [0.25, 0.3) is 10.3 Å². The average molecular weight is 265 g/mol. The van der Waals surface area contributed by atoms with E-state index in [0.717, 1.165) is 22.8 Å². The molecule has 0 N–H and O–H groups in total. The van der Waals surface area contributed by atoms with Gasteiger partial charge in [0.1, 0.15) is 5.82 Å². The first-order chi connectivity index (χ1) is 8.65. The number of hydrogen-bond donors (Lipinski definition) is 0. The molecular formula is C13H16FN3S.